The molecule has 1 aliphatic carbocycles. The number of Topliss-reactive ketones (excluding diaryl/α,β-unsaturated/α-hetero) is 1. The van der Waals surface area contributed by atoms with E-state index in [0.717, 1.165) is 18.4 Å². The van der Waals surface area contributed by atoms with Crippen molar-refractivity contribution in [3.05, 3.63) is 30.1 Å². The lowest BCUT2D eigenvalue weighted by Gasteiger charge is -2.24. The van der Waals surface area contributed by atoms with Crippen LogP contribution in [0, 0.1) is 0 Å². The number of rotatable bonds is 1. The van der Waals surface area contributed by atoms with Gasteiger partial charge in [-0.3, -0.25) is 9.78 Å². The van der Waals surface area contributed by atoms with Crippen LogP contribution in [0.4, 0.5) is 0 Å². The summed E-state index contributed by atoms with van der Waals surface area (Å²) in [5, 5.41) is 0. The number of nitrogens with zero attached hydrogens (tertiary/aromatic N) is 1. The lowest BCUT2D eigenvalue weighted by atomic mass is 9.81. The molecular weight excluding hydrogens is 176 g/mol. The number of carbonyl (C=O) groups excluding carboxylic acids is 1. The third-order valence-corrected chi connectivity index (χ3v) is 2.79. The Hall–Kier alpha value is -1.22. The molecule has 0 radical (unpaired) electrons. The van der Waals surface area contributed by atoms with Crippen molar-refractivity contribution in [1.82, 2.24) is 4.98 Å². The summed E-state index contributed by atoms with van der Waals surface area (Å²) >= 11 is 0. The maximum absolute atomic E-state index is 11.7. The van der Waals surface area contributed by atoms with E-state index in [-0.39, 0.29) is 17.7 Å². The second-order valence-electron chi connectivity index (χ2n) is 3.84. The van der Waals surface area contributed by atoms with E-state index in [4.69, 9.17) is 5.73 Å². The van der Waals surface area contributed by atoms with Gasteiger partial charge in [0.1, 0.15) is 5.78 Å². The van der Waals surface area contributed by atoms with E-state index in [1.165, 1.54) is 0 Å². The zero-order valence-corrected chi connectivity index (χ0v) is 8.02. The molecular formula is C11H14N2O. The highest BCUT2D eigenvalue weighted by atomic mass is 16.1. The topological polar surface area (TPSA) is 56.0 Å². The average molecular weight is 190 g/mol. The van der Waals surface area contributed by atoms with Crippen LogP contribution in [0.3, 0.4) is 0 Å². The van der Waals surface area contributed by atoms with Crippen LogP contribution in [0.25, 0.3) is 0 Å². The van der Waals surface area contributed by atoms with E-state index >= 15 is 0 Å². The molecule has 1 aromatic heterocycles. The van der Waals surface area contributed by atoms with Gasteiger partial charge in [0.2, 0.25) is 0 Å². The fourth-order valence-electron chi connectivity index (χ4n) is 1.99. The summed E-state index contributed by atoms with van der Waals surface area (Å²) in [5.74, 6) is 0.327. The molecule has 0 aliphatic heterocycles. The fourth-order valence-corrected chi connectivity index (χ4v) is 1.99. The van der Waals surface area contributed by atoms with E-state index in [0.29, 0.717) is 6.42 Å². The summed E-state index contributed by atoms with van der Waals surface area (Å²) < 4.78 is 0. The van der Waals surface area contributed by atoms with Gasteiger partial charge >= 0.3 is 0 Å². The number of ketones is 1. The molecule has 1 heterocycles. The van der Waals surface area contributed by atoms with Crippen molar-refractivity contribution in [2.75, 3.05) is 0 Å². The average Bonchev–Trinajstić information content (AvgIpc) is 2.19. The quantitative estimate of drug-likeness (QED) is 0.725. The number of aromatic nitrogens is 1. The summed E-state index contributed by atoms with van der Waals surface area (Å²) in [6.45, 7) is 0. The molecule has 2 rings (SSSR count). The van der Waals surface area contributed by atoms with Crippen LogP contribution in [0.5, 0.6) is 0 Å². The summed E-state index contributed by atoms with van der Waals surface area (Å²) in [4.78, 5) is 15.6. The molecule has 3 heteroatoms. The molecule has 14 heavy (non-hydrogen) atoms. The van der Waals surface area contributed by atoms with Crippen molar-refractivity contribution in [1.29, 1.82) is 0 Å². The predicted octanol–water partition coefficient (Wildman–Crippen LogP) is 1.25. The van der Waals surface area contributed by atoms with Gasteiger partial charge in [-0.1, -0.05) is 0 Å². The Morgan fingerprint density at radius 3 is 2.64 bits per heavy atom. The zero-order chi connectivity index (χ0) is 9.97. The molecule has 0 amide bonds. The van der Waals surface area contributed by atoms with Gasteiger partial charge in [0, 0.05) is 30.8 Å². The third-order valence-electron chi connectivity index (χ3n) is 2.79. The molecule has 1 fully saturated rings. The van der Waals surface area contributed by atoms with Gasteiger partial charge in [0.15, 0.2) is 0 Å². The molecule has 2 N–H and O–H groups in total. The maximum atomic E-state index is 11.7. The predicted molar refractivity (Wildman–Crippen MR) is 53.8 cm³/mol. The minimum atomic E-state index is 0.0535. The van der Waals surface area contributed by atoms with Crippen molar-refractivity contribution in [2.24, 2.45) is 5.73 Å². The van der Waals surface area contributed by atoms with Gasteiger partial charge < -0.3 is 5.73 Å². The second kappa shape index (κ2) is 3.88. The van der Waals surface area contributed by atoms with E-state index in [1.807, 2.05) is 12.1 Å². The summed E-state index contributed by atoms with van der Waals surface area (Å²) in [6, 6.07) is 3.90. The minimum absolute atomic E-state index is 0.0535. The first-order chi connectivity index (χ1) is 6.77. The monoisotopic (exact) mass is 190 g/mol. The number of pyridine rings is 1. The largest absolute Gasteiger partial charge is 0.327 e. The highest BCUT2D eigenvalue weighted by Crippen LogP contribution is 2.28. The lowest BCUT2D eigenvalue weighted by Crippen LogP contribution is -2.32. The van der Waals surface area contributed by atoms with Crippen LogP contribution in [0.2, 0.25) is 0 Å². The van der Waals surface area contributed by atoms with Gasteiger partial charge in [0.05, 0.1) is 0 Å². The molecule has 0 saturated heterocycles. The summed E-state index contributed by atoms with van der Waals surface area (Å²) in [7, 11) is 0. The van der Waals surface area contributed by atoms with Gasteiger partial charge in [-0.05, 0) is 30.5 Å². The SMILES string of the molecule is NC1CCC(c2ccncc2)C(=O)C1. The number of hydrogen-bond acceptors (Lipinski definition) is 3. The number of nitrogens with two attached hydrogens (primary N) is 1. The first kappa shape index (κ1) is 9.34. The Kier molecular flexibility index (Phi) is 2.59. The van der Waals surface area contributed by atoms with Gasteiger partial charge in [-0.15, -0.1) is 0 Å². The Labute approximate surface area is 83.3 Å². The highest BCUT2D eigenvalue weighted by molar-refractivity contribution is 5.86. The fraction of sp³-hybridized carbons (Fsp3) is 0.455. The smallest absolute Gasteiger partial charge is 0.141 e. The molecule has 0 bridgehead atoms. The number of carbonyl (C=O) groups is 1. The van der Waals surface area contributed by atoms with E-state index in [2.05, 4.69) is 4.98 Å². The third kappa shape index (κ3) is 1.82. The Morgan fingerprint density at radius 2 is 2.00 bits per heavy atom. The van der Waals surface area contributed by atoms with Crippen molar-refractivity contribution in [3.8, 4) is 0 Å². The van der Waals surface area contributed by atoms with Crippen molar-refractivity contribution >= 4 is 5.78 Å². The first-order valence-electron chi connectivity index (χ1n) is 4.95. The summed E-state index contributed by atoms with van der Waals surface area (Å²) in [5.41, 5.74) is 6.81. The van der Waals surface area contributed by atoms with Gasteiger partial charge in [0.25, 0.3) is 0 Å². The molecule has 1 saturated carbocycles. The maximum Gasteiger partial charge on any atom is 0.141 e. The van der Waals surface area contributed by atoms with Crippen LogP contribution in [0.1, 0.15) is 30.7 Å². The van der Waals surface area contributed by atoms with Crippen LogP contribution in [-0.2, 0) is 4.79 Å². The normalized spacial score (nSPS) is 27.6. The standard InChI is InChI=1S/C11H14N2O/c12-9-1-2-10(11(14)7-9)8-3-5-13-6-4-8/h3-6,9-10H,1-2,7,12H2. The molecule has 1 aliphatic rings. The second-order valence-corrected chi connectivity index (χ2v) is 3.84. The van der Waals surface area contributed by atoms with Crippen LogP contribution in [-0.4, -0.2) is 16.8 Å². The molecule has 2 unspecified atom stereocenters. The molecule has 2 atom stereocenters. The Morgan fingerprint density at radius 1 is 1.29 bits per heavy atom. The Bertz CT molecular complexity index is 323. The molecule has 1 aromatic rings. The molecule has 0 spiro atoms. The molecule has 74 valence electrons. The van der Waals surface area contributed by atoms with E-state index < -0.39 is 0 Å². The van der Waals surface area contributed by atoms with Gasteiger partial charge in [-0.2, -0.15) is 0 Å². The molecule has 0 aromatic carbocycles. The minimum Gasteiger partial charge on any atom is -0.327 e. The zero-order valence-electron chi connectivity index (χ0n) is 8.02. The van der Waals surface area contributed by atoms with E-state index in [1.54, 1.807) is 12.4 Å². The van der Waals surface area contributed by atoms with Crippen molar-refractivity contribution in [3.63, 3.8) is 0 Å². The number of hydrogen-bond donors (Lipinski definition) is 1. The van der Waals surface area contributed by atoms with Crippen molar-refractivity contribution in [2.45, 2.75) is 31.2 Å². The summed E-state index contributed by atoms with van der Waals surface area (Å²) in [6.07, 6.45) is 5.81. The lowest BCUT2D eigenvalue weighted by molar-refractivity contribution is -0.122. The van der Waals surface area contributed by atoms with Gasteiger partial charge in [-0.25, -0.2) is 0 Å². The van der Waals surface area contributed by atoms with Crippen LogP contribution in [0.15, 0.2) is 24.5 Å². The highest BCUT2D eigenvalue weighted by Gasteiger charge is 2.27. The molecule has 3 nitrogen and oxygen atoms in total. The van der Waals surface area contributed by atoms with E-state index in [9.17, 15) is 4.79 Å². The van der Waals surface area contributed by atoms with Crippen LogP contribution >= 0.6 is 0 Å². The Balaban J connectivity index is 2.16. The first-order valence-corrected chi connectivity index (χ1v) is 4.95. The van der Waals surface area contributed by atoms with Crippen molar-refractivity contribution < 1.29 is 4.79 Å². The van der Waals surface area contributed by atoms with Crippen LogP contribution < -0.4 is 5.73 Å².